The summed E-state index contributed by atoms with van der Waals surface area (Å²) in [6, 6.07) is 12.6. The second kappa shape index (κ2) is 9.68. The van der Waals surface area contributed by atoms with Crippen LogP contribution in [0.5, 0.6) is 5.75 Å². The van der Waals surface area contributed by atoms with Crippen LogP contribution >= 0.6 is 0 Å². The van der Waals surface area contributed by atoms with Crippen LogP contribution in [0.3, 0.4) is 0 Å². The molecule has 3 rings (SSSR count). The molecule has 1 heterocycles. The molecule has 1 aliphatic rings. The summed E-state index contributed by atoms with van der Waals surface area (Å²) in [6.07, 6.45) is 0.794. The van der Waals surface area contributed by atoms with E-state index in [4.69, 9.17) is 4.74 Å². The number of rotatable bonds is 6. The standard InChI is InChI=1S/C24H33N3O2/c1-18-8-6-11-22(21(18)4)26-13-15-27(16-14-26)24(28)25-12-7-17-29-23-19(2)9-5-10-20(23)3/h5-6,8-11H,7,12-17H2,1-4H3,(H,25,28). The van der Waals surface area contributed by atoms with E-state index in [1.54, 1.807) is 0 Å². The highest BCUT2D eigenvalue weighted by molar-refractivity contribution is 5.74. The molecule has 2 amide bonds. The Balaban J connectivity index is 1.38. The molecule has 1 N–H and O–H groups in total. The number of benzene rings is 2. The fraction of sp³-hybridized carbons (Fsp3) is 0.458. The molecule has 5 nitrogen and oxygen atoms in total. The van der Waals surface area contributed by atoms with E-state index in [0.29, 0.717) is 13.2 Å². The van der Waals surface area contributed by atoms with Crippen LogP contribution in [0.15, 0.2) is 36.4 Å². The van der Waals surface area contributed by atoms with Crippen LogP contribution in [0.1, 0.15) is 28.7 Å². The molecule has 1 aliphatic heterocycles. The first-order chi connectivity index (χ1) is 14.0. The first-order valence-electron chi connectivity index (χ1n) is 10.5. The van der Waals surface area contributed by atoms with Gasteiger partial charge in [-0.3, -0.25) is 0 Å². The highest BCUT2D eigenvalue weighted by Crippen LogP contribution is 2.24. The minimum Gasteiger partial charge on any atom is -0.493 e. The van der Waals surface area contributed by atoms with Crippen molar-refractivity contribution in [1.29, 1.82) is 0 Å². The van der Waals surface area contributed by atoms with Gasteiger partial charge in [-0.05, 0) is 62.4 Å². The van der Waals surface area contributed by atoms with Crippen molar-refractivity contribution in [3.05, 3.63) is 58.7 Å². The number of nitrogens with one attached hydrogen (secondary N) is 1. The Labute approximate surface area is 174 Å². The molecule has 0 saturated carbocycles. The predicted octanol–water partition coefficient (Wildman–Crippen LogP) is 4.22. The van der Waals surface area contributed by atoms with Crippen molar-refractivity contribution in [2.75, 3.05) is 44.2 Å². The van der Waals surface area contributed by atoms with Crippen LogP contribution in [0.25, 0.3) is 0 Å². The van der Waals surface area contributed by atoms with Crippen LogP contribution in [0.2, 0.25) is 0 Å². The summed E-state index contributed by atoms with van der Waals surface area (Å²) in [5, 5.41) is 3.03. The van der Waals surface area contributed by atoms with Gasteiger partial charge in [-0.25, -0.2) is 4.79 Å². The summed E-state index contributed by atoms with van der Waals surface area (Å²) in [4.78, 5) is 16.7. The zero-order valence-corrected chi connectivity index (χ0v) is 18.1. The molecule has 29 heavy (non-hydrogen) atoms. The molecule has 0 bridgehead atoms. The van der Waals surface area contributed by atoms with Gasteiger partial charge in [0.2, 0.25) is 0 Å². The normalized spacial score (nSPS) is 14.1. The van der Waals surface area contributed by atoms with Crippen LogP contribution < -0.4 is 15.0 Å². The smallest absolute Gasteiger partial charge is 0.317 e. The van der Waals surface area contributed by atoms with Crippen LogP contribution in [-0.2, 0) is 0 Å². The average molecular weight is 396 g/mol. The maximum absolute atomic E-state index is 12.5. The fourth-order valence-corrected chi connectivity index (χ4v) is 3.81. The first kappa shape index (κ1) is 21.0. The van der Waals surface area contributed by atoms with Crippen molar-refractivity contribution in [1.82, 2.24) is 10.2 Å². The predicted molar refractivity (Wildman–Crippen MR) is 119 cm³/mol. The lowest BCUT2D eigenvalue weighted by molar-refractivity contribution is 0.193. The van der Waals surface area contributed by atoms with E-state index < -0.39 is 0 Å². The molecule has 1 fully saturated rings. The number of nitrogens with zero attached hydrogens (tertiary/aromatic N) is 2. The molecular formula is C24H33N3O2. The molecule has 0 atom stereocenters. The molecule has 0 unspecified atom stereocenters. The van der Waals surface area contributed by atoms with Crippen LogP contribution in [0.4, 0.5) is 10.5 Å². The van der Waals surface area contributed by atoms with Crippen LogP contribution in [-0.4, -0.2) is 50.3 Å². The number of hydrogen-bond acceptors (Lipinski definition) is 3. The van der Waals surface area contributed by atoms with Gasteiger partial charge in [0, 0.05) is 38.4 Å². The third kappa shape index (κ3) is 5.22. The quantitative estimate of drug-likeness (QED) is 0.745. The molecule has 156 valence electrons. The van der Waals surface area contributed by atoms with Gasteiger partial charge in [0.05, 0.1) is 6.61 Å². The Morgan fingerprint density at radius 3 is 2.24 bits per heavy atom. The SMILES string of the molecule is Cc1cccc(N2CCN(C(=O)NCCCOc3c(C)cccc3C)CC2)c1C. The number of anilines is 1. The summed E-state index contributed by atoms with van der Waals surface area (Å²) in [6.45, 7) is 12.9. The number of carbonyl (C=O) groups excluding carboxylic acids is 1. The van der Waals surface area contributed by atoms with E-state index in [1.807, 2.05) is 11.0 Å². The average Bonchev–Trinajstić information content (AvgIpc) is 2.72. The number of amides is 2. The van der Waals surface area contributed by atoms with E-state index >= 15 is 0 Å². The molecule has 2 aromatic carbocycles. The molecule has 2 aromatic rings. The monoisotopic (exact) mass is 395 g/mol. The number of urea groups is 1. The minimum atomic E-state index is 0.0256. The topological polar surface area (TPSA) is 44.8 Å². The maximum atomic E-state index is 12.5. The largest absolute Gasteiger partial charge is 0.493 e. The molecule has 0 radical (unpaired) electrons. The van der Waals surface area contributed by atoms with Crippen molar-refractivity contribution >= 4 is 11.7 Å². The molecule has 1 saturated heterocycles. The number of piperazine rings is 1. The maximum Gasteiger partial charge on any atom is 0.317 e. The summed E-state index contributed by atoms with van der Waals surface area (Å²) in [5.41, 5.74) is 6.22. The van der Waals surface area contributed by atoms with Gasteiger partial charge in [0.1, 0.15) is 5.75 Å². The minimum absolute atomic E-state index is 0.0256. The van der Waals surface area contributed by atoms with Gasteiger partial charge in [0.25, 0.3) is 0 Å². The van der Waals surface area contributed by atoms with Gasteiger partial charge >= 0.3 is 6.03 Å². The van der Waals surface area contributed by atoms with E-state index in [2.05, 4.69) is 68.2 Å². The van der Waals surface area contributed by atoms with E-state index in [1.165, 1.54) is 16.8 Å². The number of ether oxygens (including phenoxy) is 1. The lowest BCUT2D eigenvalue weighted by Gasteiger charge is -2.37. The number of para-hydroxylation sites is 1. The molecule has 0 aliphatic carbocycles. The van der Waals surface area contributed by atoms with Gasteiger partial charge < -0.3 is 19.9 Å². The van der Waals surface area contributed by atoms with Gasteiger partial charge in [-0.15, -0.1) is 0 Å². The summed E-state index contributed by atoms with van der Waals surface area (Å²) >= 11 is 0. The number of hydrogen-bond donors (Lipinski definition) is 1. The zero-order chi connectivity index (χ0) is 20.8. The van der Waals surface area contributed by atoms with Crippen LogP contribution in [0, 0.1) is 27.7 Å². The van der Waals surface area contributed by atoms with E-state index in [-0.39, 0.29) is 6.03 Å². The molecule has 5 heteroatoms. The Morgan fingerprint density at radius 1 is 0.931 bits per heavy atom. The lowest BCUT2D eigenvalue weighted by atomic mass is 10.1. The lowest BCUT2D eigenvalue weighted by Crippen LogP contribution is -2.52. The second-order valence-corrected chi connectivity index (χ2v) is 7.85. The Bertz CT molecular complexity index is 822. The highest BCUT2D eigenvalue weighted by atomic mass is 16.5. The second-order valence-electron chi connectivity index (χ2n) is 7.85. The summed E-state index contributed by atoms with van der Waals surface area (Å²) in [5.74, 6) is 0.960. The summed E-state index contributed by atoms with van der Waals surface area (Å²) < 4.78 is 5.91. The fourth-order valence-electron chi connectivity index (χ4n) is 3.81. The van der Waals surface area contributed by atoms with E-state index in [0.717, 1.165) is 49.5 Å². The number of carbonyl (C=O) groups is 1. The first-order valence-corrected chi connectivity index (χ1v) is 10.5. The molecule has 0 spiro atoms. The third-order valence-corrected chi connectivity index (χ3v) is 5.74. The van der Waals surface area contributed by atoms with E-state index in [9.17, 15) is 4.79 Å². The number of aryl methyl sites for hydroxylation is 3. The van der Waals surface area contributed by atoms with Crippen molar-refractivity contribution in [2.24, 2.45) is 0 Å². The zero-order valence-electron chi connectivity index (χ0n) is 18.1. The summed E-state index contributed by atoms with van der Waals surface area (Å²) in [7, 11) is 0. The third-order valence-electron chi connectivity index (χ3n) is 5.74. The Morgan fingerprint density at radius 2 is 1.55 bits per heavy atom. The highest BCUT2D eigenvalue weighted by Gasteiger charge is 2.22. The van der Waals surface area contributed by atoms with Gasteiger partial charge in [-0.2, -0.15) is 0 Å². The Kier molecular flexibility index (Phi) is 7.02. The van der Waals surface area contributed by atoms with Gasteiger partial charge in [-0.1, -0.05) is 30.3 Å². The van der Waals surface area contributed by atoms with Crippen molar-refractivity contribution in [2.45, 2.75) is 34.1 Å². The van der Waals surface area contributed by atoms with Crippen molar-refractivity contribution in [3.8, 4) is 5.75 Å². The van der Waals surface area contributed by atoms with Gasteiger partial charge in [0.15, 0.2) is 0 Å². The van der Waals surface area contributed by atoms with Crippen molar-refractivity contribution in [3.63, 3.8) is 0 Å². The molecular weight excluding hydrogens is 362 g/mol. The molecule has 0 aromatic heterocycles. The van der Waals surface area contributed by atoms with Crippen molar-refractivity contribution < 1.29 is 9.53 Å². The Hall–Kier alpha value is -2.69.